The average Bonchev–Trinajstić information content (AvgIpc) is 2.37. The predicted octanol–water partition coefficient (Wildman–Crippen LogP) is 2.49. The van der Waals surface area contributed by atoms with Gasteiger partial charge in [-0.2, -0.15) is 8.78 Å². The first kappa shape index (κ1) is 16.9. The molecule has 1 heterocycles. The second-order valence-corrected chi connectivity index (χ2v) is 4.48. The molecule has 20 heavy (non-hydrogen) atoms. The van der Waals surface area contributed by atoms with Crippen LogP contribution in [0.15, 0.2) is 12.3 Å². The Bertz CT molecular complexity index is 448. The molecule has 1 aromatic rings. The number of anilines is 1. The number of halogens is 5. The van der Waals surface area contributed by atoms with E-state index in [2.05, 4.69) is 15.0 Å². The molecule has 9 heteroatoms. The monoisotopic (exact) mass is 315 g/mol. The number of hydrogen-bond acceptors (Lipinski definition) is 4. The summed E-state index contributed by atoms with van der Waals surface area (Å²) in [6, 6.07) is 0.911. The molecule has 0 spiro atoms. The van der Waals surface area contributed by atoms with E-state index in [1.807, 2.05) is 0 Å². The van der Waals surface area contributed by atoms with Crippen LogP contribution in [0.1, 0.15) is 11.6 Å². The van der Waals surface area contributed by atoms with E-state index in [9.17, 15) is 17.6 Å². The summed E-state index contributed by atoms with van der Waals surface area (Å²) < 4.78 is 54.0. The van der Waals surface area contributed by atoms with E-state index in [0.29, 0.717) is 10.6 Å². The lowest BCUT2D eigenvalue weighted by Gasteiger charge is -2.20. The van der Waals surface area contributed by atoms with Gasteiger partial charge in [-0.3, -0.25) is 0 Å². The van der Waals surface area contributed by atoms with E-state index in [1.165, 1.54) is 12.3 Å². The lowest BCUT2D eigenvalue weighted by Crippen LogP contribution is -2.34. The smallest absolute Gasteiger partial charge is 0.330 e. The highest BCUT2D eigenvalue weighted by molar-refractivity contribution is 6.30. The van der Waals surface area contributed by atoms with Crippen molar-refractivity contribution in [3.8, 4) is 0 Å². The number of aromatic nitrogens is 1. The van der Waals surface area contributed by atoms with Crippen LogP contribution in [0.2, 0.25) is 5.02 Å². The number of nitrogens with two attached hydrogens (primary N) is 1. The van der Waals surface area contributed by atoms with Gasteiger partial charge in [0.1, 0.15) is 12.4 Å². The number of likely N-dealkylation sites (N-methyl/N-ethyl adjacent to an activating group) is 1. The molecule has 114 valence electrons. The molecular weight excluding hydrogens is 302 g/mol. The minimum Gasteiger partial charge on any atom is -0.383 e. The van der Waals surface area contributed by atoms with E-state index < -0.39 is 25.0 Å². The molecule has 1 rings (SSSR count). The van der Waals surface area contributed by atoms with Crippen LogP contribution in [0.5, 0.6) is 0 Å². The summed E-state index contributed by atoms with van der Waals surface area (Å²) in [5.74, 6) is -4.03. The van der Waals surface area contributed by atoms with Gasteiger partial charge < -0.3 is 15.8 Å². The summed E-state index contributed by atoms with van der Waals surface area (Å²) >= 11 is 5.76. The third kappa shape index (κ3) is 4.46. The highest BCUT2D eigenvalue weighted by Crippen LogP contribution is 2.25. The van der Waals surface area contributed by atoms with Crippen molar-refractivity contribution in [1.82, 2.24) is 10.3 Å². The number of pyridine rings is 1. The van der Waals surface area contributed by atoms with Crippen molar-refractivity contribution < 1.29 is 22.3 Å². The Morgan fingerprint density at radius 2 is 2.15 bits per heavy atom. The average molecular weight is 316 g/mol. The van der Waals surface area contributed by atoms with E-state index in [4.69, 9.17) is 17.3 Å². The van der Waals surface area contributed by atoms with Crippen LogP contribution >= 0.6 is 11.6 Å². The van der Waals surface area contributed by atoms with Crippen molar-refractivity contribution >= 4 is 17.4 Å². The van der Waals surface area contributed by atoms with Gasteiger partial charge in [0.05, 0.1) is 17.7 Å². The summed E-state index contributed by atoms with van der Waals surface area (Å²) in [7, 11) is 1.54. The van der Waals surface area contributed by atoms with Crippen LogP contribution in [0.4, 0.5) is 23.4 Å². The predicted molar refractivity (Wildman–Crippen MR) is 67.2 cm³/mol. The molecule has 0 fully saturated rings. The van der Waals surface area contributed by atoms with Gasteiger partial charge in [-0.25, -0.2) is 13.8 Å². The zero-order valence-electron chi connectivity index (χ0n) is 10.5. The normalized spacial score (nSPS) is 13.8. The molecule has 0 saturated heterocycles. The van der Waals surface area contributed by atoms with Crippen LogP contribution in [0, 0.1) is 0 Å². The Morgan fingerprint density at radius 1 is 1.50 bits per heavy atom. The molecule has 3 N–H and O–H groups in total. The van der Waals surface area contributed by atoms with Crippen molar-refractivity contribution in [3.63, 3.8) is 0 Å². The van der Waals surface area contributed by atoms with E-state index in [-0.39, 0.29) is 12.4 Å². The highest BCUT2D eigenvalue weighted by Gasteiger charge is 2.41. The van der Waals surface area contributed by atoms with Crippen molar-refractivity contribution in [2.45, 2.75) is 18.4 Å². The summed E-state index contributed by atoms with van der Waals surface area (Å²) in [5, 5.41) is 3.08. The Hall–Kier alpha value is -1.12. The number of alkyl halides is 4. The summed E-state index contributed by atoms with van der Waals surface area (Å²) in [4.78, 5) is 3.81. The number of nitrogens with zero attached hydrogens (tertiary/aromatic N) is 1. The fourth-order valence-corrected chi connectivity index (χ4v) is 1.62. The number of hydrogen-bond donors (Lipinski definition) is 2. The number of rotatable bonds is 7. The van der Waals surface area contributed by atoms with Crippen LogP contribution in [0.25, 0.3) is 0 Å². The Balaban J connectivity index is 2.67. The molecule has 0 saturated carbocycles. The Labute approximate surface area is 118 Å². The first-order valence-electron chi connectivity index (χ1n) is 5.60. The topological polar surface area (TPSA) is 60.2 Å². The van der Waals surface area contributed by atoms with Crippen molar-refractivity contribution in [3.05, 3.63) is 22.8 Å². The number of nitrogen functional groups attached to an aromatic ring is 1. The van der Waals surface area contributed by atoms with Gasteiger partial charge in [-0.05, 0) is 13.1 Å². The van der Waals surface area contributed by atoms with Gasteiger partial charge in [-0.15, -0.1) is 0 Å². The van der Waals surface area contributed by atoms with Crippen molar-refractivity contribution in [2.24, 2.45) is 0 Å². The SMILES string of the molecule is CNC(COCC(F)(F)C(F)F)c1cc(Cl)cnc1N. The zero-order chi connectivity index (χ0) is 15.3. The lowest BCUT2D eigenvalue weighted by molar-refractivity contribution is -0.167. The second kappa shape index (κ2) is 7.05. The Morgan fingerprint density at radius 3 is 2.70 bits per heavy atom. The van der Waals surface area contributed by atoms with Crippen LogP contribution in [-0.2, 0) is 4.74 Å². The van der Waals surface area contributed by atoms with E-state index in [1.54, 1.807) is 7.05 Å². The summed E-state index contributed by atoms with van der Waals surface area (Å²) in [5.41, 5.74) is 6.08. The third-order valence-electron chi connectivity index (χ3n) is 2.54. The van der Waals surface area contributed by atoms with Gasteiger partial charge in [0.15, 0.2) is 0 Å². The standard InChI is InChI=1S/C11H14ClF4N3O/c1-18-8(4-20-5-11(15,16)10(13)14)7-2-6(12)3-19-9(7)17/h2-3,8,10,18H,4-5H2,1H3,(H2,17,19). The fraction of sp³-hybridized carbons (Fsp3) is 0.545. The molecule has 0 radical (unpaired) electrons. The van der Waals surface area contributed by atoms with Gasteiger partial charge >= 0.3 is 12.3 Å². The lowest BCUT2D eigenvalue weighted by atomic mass is 10.1. The third-order valence-corrected chi connectivity index (χ3v) is 2.74. The summed E-state index contributed by atoms with van der Waals surface area (Å²) in [6.45, 7) is -1.65. The van der Waals surface area contributed by atoms with Gasteiger partial charge in [0.25, 0.3) is 0 Å². The molecule has 0 aliphatic carbocycles. The minimum absolute atomic E-state index is 0.151. The fourth-order valence-electron chi connectivity index (χ4n) is 1.45. The molecular formula is C11H14ClF4N3O. The quantitative estimate of drug-likeness (QED) is 0.759. The maximum atomic E-state index is 12.7. The molecule has 1 aromatic heterocycles. The van der Waals surface area contributed by atoms with Gasteiger partial charge in [0, 0.05) is 11.8 Å². The second-order valence-electron chi connectivity index (χ2n) is 4.05. The molecule has 1 atom stereocenters. The van der Waals surface area contributed by atoms with E-state index in [0.717, 1.165) is 0 Å². The van der Waals surface area contributed by atoms with Gasteiger partial charge in [0.2, 0.25) is 0 Å². The Kier molecular flexibility index (Phi) is 5.97. The first-order chi connectivity index (χ1) is 9.27. The molecule has 0 aliphatic heterocycles. The van der Waals surface area contributed by atoms with Crippen molar-refractivity contribution in [1.29, 1.82) is 0 Å². The van der Waals surface area contributed by atoms with E-state index >= 15 is 0 Å². The molecule has 0 aromatic carbocycles. The summed E-state index contributed by atoms with van der Waals surface area (Å²) in [6.07, 6.45) is -2.44. The first-order valence-corrected chi connectivity index (χ1v) is 5.97. The van der Waals surface area contributed by atoms with Crippen LogP contribution in [-0.4, -0.2) is 37.6 Å². The highest BCUT2D eigenvalue weighted by atomic mass is 35.5. The van der Waals surface area contributed by atoms with Crippen LogP contribution in [0.3, 0.4) is 0 Å². The minimum atomic E-state index is -4.18. The number of nitrogens with one attached hydrogen (secondary N) is 1. The maximum absolute atomic E-state index is 12.7. The molecule has 1 unspecified atom stereocenters. The molecule has 0 amide bonds. The number of ether oxygens (including phenoxy) is 1. The van der Waals surface area contributed by atoms with Crippen LogP contribution < -0.4 is 11.1 Å². The molecule has 0 aliphatic rings. The van der Waals surface area contributed by atoms with Gasteiger partial charge in [-0.1, -0.05) is 11.6 Å². The largest absolute Gasteiger partial charge is 0.383 e. The van der Waals surface area contributed by atoms with Crippen molar-refractivity contribution in [2.75, 3.05) is 26.0 Å². The molecule has 4 nitrogen and oxygen atoms in total. The zero-order valence-corrected chi connectivity index (χ0v) is 11.3. The maximum Gasteiger partial charge on any atom is 0.330 e. The molecule has 0 bridgehead atoms.